The summed E-state index contributed by atoms with van der Waals surface area (Å²) in [5.41, 5.74) is 3.88. The van der Waals surface area contributed by atoms with Gasteiger partial charge in [0.05, 0.1) is 4.47 Å². The monoisotopic (exact) mass is 358 g/mol. The molecule has 1 aromatic carbocycles. The zero-order valence-electron chi connectivity index (χ0n) is 12.6. The van der Waals surface area contributed by atoms with Crippen molar-refractivity contribution in [3.63, 3.8) is 0 Å². The fourth-order valence-corrected chi connectivity index (χ4v) is 3.42. The Hall–Kier alpha value is -0.530. The third-order valence-electron chi connectivity index (χ3n) is 4.27. The van der Waals surface area contributed by atoms with Gasteiger partial charge in [-0.15, -0.1) is 0 Å². The van der Waals surface area contributed by atoms with E-state index in [1.165, 1.54) is 6.07 Å². The van der Waals surface area contributed by atoms with Crippen LogP contribution in [0.4, 0.5) is 4.39 Å². The summed E-state index contributed by atoms with van der Waals surface area (Å²) in [7, 11) is 4.27. The van der Waals surface area contributed by atoms with Crippen LogP contribution in [0.5, 0.6) is 0 Å². The van der Waals surface area contributed by atoms with Gasteiger partial charge >= 0.3 is 0 Å². The van der Waals surface area contributed by atoms with E-state index in [0.717, 1.165) is 31.6 Å². The van der Waals surface area contributed by atoms with E-state index in [9.17, 15) is 4.39 Å². The van der Waals surface area contributed by atoms with Crippen LogP contribution in [0.3, 0.4) is 0 Å². The highest BCUT2D eigenvalue weighted by Gasteiger charge is 2.28. The maximum Gasteiger partial charge on any atom is 0.137 e. The maximum atomic E-state index is 13.7. The number of benzene rings is 1. The predicted molar refractivity (Wildman–Crippen MR) is 87.4 cm³/mol. The Bertz CT molecular complexity index is 471. The first kappa shape index (κ1) is 16.8. The van der Waals surface area contributed by atoms with Crippen LogP contribution in [0.25, 0.3) is 0 Å². The van der Waals surface area contributed by atoms with Gasteiger partial charge in [0.1, 0.15) is 5.82 Å². The second kappa shape index (κ2) is 7.65. The van der Waals surface area contributed by atoms with Crippen LogP contribution in [-0.4, -0.2) is 55.6 Å². The van der Waals surface area contributed by atoms with E-state index in [1.54, 1.807) is 6.07 Å². The summed E-state index contributed by atoms with van der Waals surface area (Å²) in [4.78, 5) is 4.68. The fraction of sp³-hybridized carbons (Fsp3) is 0.600. The molecule has 1 heterocycles. The SMILES string of the molecule is CN1CCCN(C)C(C(Cc2cccc(F)c2Br)NN)C1. The lowest BCUT2D eigenvalue weighted by Crippen LogP contribution is -2.55. The number of likely N-dealkylation sites (N-methyl/N-ethyl adjacent to an activating group) is 2. The zero-order chi connectivity index (χ0) is 15.4. The van der Waals surface area contributed by atoms with Gasteiger partial charge in [-0.2, -0.15) is 0 Å². The number of rotatable bonds is 4. The Morgan fingerprint density at radius 1 is 1.43 bits per heavy atom. The van der Waals surface area contributed by atoms with Crippen molar-refractivity contribution in [2.75, 3.05) is 33.7 Å². The molecule has 0 radical (unpaired) electrons. The first-order chi connectivity index (χ1) is 10.0. The number of hydrazine groups is 1. The fourth-order valence-electron chi connectivity index (χ4n) is 2.99. The Morgan fingerprint density at radius 3 is 2.90 bits per heavy atom. The van der Waals surface area contributed by atoms with Gasteiger partial charge < -0.3 is 9.80 Å². The van der Waals surface area contributed by atoms with E-state index in [1.807, 2.05) is 6.07 Å². The number of hydrogen-bond donors (Lipinski definition) is 2. The van der Waals surface area contributed by atoms with Crippen molar-refractivity contribution < 1.29 is 4.39 Å². The smallest absolute Gasteiger partial charge is 0.137 e. The minimum atomic E-state index is -0.227. The molecule has 2 rings (SSSR count). The molecule has 2 unspecified atom stereocenters. The molecule has 0 aromatic heterocycles. The molecule has 0 amide bonds. The molecule has 6 heteroatoms. The van der Waals surface area contributed by atoms with Crippen LogP contribution in [0.15, 0.2) is 22.7 Å². The topological polar surface area (TPSA) is 44.5 Å². The van der Waals surface area contributed by atoms with Crippen molar-refractivity contribution in [1.82, 2.24) is 15.2 Å². The molecule has 0 aliphatic carbocycles. The van der Waals surface area contributed by atoms with Gasteiger partial charge in [-0.3, -0.25) is 11.3 Å². The number of nitrogens with zero attached hydrogens (tertiary/aromatic N) is 2. The highest BCUT2D eigenvalue weighted by atomic mass is 79.9. The van der Waals surface area contributed by atoms with Crippen molar-refractivity contribution >= 4 is 15.9 Å². The van der Waals surface area contributed by atoms with Gasteiger partial charge in [-0.1, -0.05) is 12.1 Å². The minimum absolute atomic E-state index is 0.0775. The van der Waals surface area contributed by atoms with E-state index in [2.05, 4.69) is 45.3 Å². The van der Waals surface area contributed by atoms with Gasteiger partial charge in [-0.05, 0) is 67.6 Å². The summed E-state index contributed by atoms with van der Waals surface area (Å²) in [6, 6.07) is 5.53. The first-order valence-corrected chi connectivity index (χ1v) is 8.10. The number of halogens is 2. The molecule has 2 atom stereocenters. The highest BCUT2D eigenvalue weighted by Crippen LogP contribution is 2.23. The zero-order valence-corrected chi connectivity index (χ0v) is 14.2. The predicted octanol–water partition coefficient (Wildman–Crippen LogP) is 1.60. The van der Waals surface area contributed by atoms with Crippen LogP contribution in [0.1, 0.15) is 12.0 Å². The normalized spacial score (nSPS) is 23.0. The van der Waals surface area contributed by atoms with Gasteiger partial charge in [0.25, 0.3) is 0 Å². The quantitative estimate of drug-likeness (QED) is 0.633. The van der Waals surface area contributed by atoms with Gasteiger partial charge in [0.2, 0.25) is 0 Å². The Labute approximate surface area is 134 Å². The molecule has 1 saturated heterocycles. The van der Waals surface area contributed by atoms with Crippen LogP contribution in [-0.2, 0) is 6.42 Å². The largest absolute Gasteiger partial charge is 0.305 e. The van der Waals surface area contributed by atoms with Gasteiger partial charge in [-0.25, -0.2) is 4.39 Å². The molecule has 0 bridgehead atoms. The summed E-state index contributed by atoms with van der Waals surface area (Å²) in [6.07, 6.45) is 1.85. The molecule has 1 fully saturated rings. The molecular formula is C15H24BrFN4. The third kappa shape index (κ3) is 4.23. The van der Waals surface area contributed by atoms with E-state index in [-0.39, 0.29) is 11.9 Å². The lowest BCUT2D eigenvalue weighted by molar-refractivity contribution is 0.177. The summed E-state index contributed by atoms with van der Waals surface area (Å²) in [6.45, 7) is 3.11. The second-order valence-corrected chi connectivity index (χ2v) is 6.65. The molecule has 4 nitrogen and oxygen atoms in total. The van der Waals surface area contributed by atoms with E-state index in [0.29, 0.717) is 16.9 Å². The highest BCUT2D eigenvalue weighted by molar-refractivity contribution is 9.10. The van der Waals surface area contributed by atoms with Crippen LogP contribution < -0.4 is 11.3 Å². The Kier molecular flexibility index (Phi) is 6.13. The van der Waals surface area contributed by atoms with Crippen LogP contribution >= 0.6 is 15.9 Å². The minimum Gasteiger partial charge on any atom is -0.305 e. The van der Waals surface area contributed by atoms with E-state index >= 15 is 0 Å². The molecule has 0 spiro atoms. The molecule has 1 aromatic rings. The first-order valence-electron chi connectivity index (χ1n) is 7.30. The van der Waals surface area contributed by atoms with Crippen molar-refractivity contribution in [2.24, 2.45) is 5.84 Å². The second-order valence-electron chi connectivity index (χ2n) is 5.85. The van der Waals surface area contributed by atoms with Crippen molar-refractivity contribution in [3.8, 4) is 0 Å². The molecular weight excluding hydrogens is 335 g/mol. The molecule has 0 saturated carbocycles. The van der Waals surface area contributed by atoms with Crippen molar-refractivity contribution in [2.45, 2.75) is 24.9 Å². The lowest BCUT2D eigenvalue weighted by Gasteiger charge is -2.34. The molecule has 118 valence electrons. The van der Waals surface area contributed by atoms with Gasteiger partial charge in [0.15, 0.2) is 0 Å². The molecule has 1 aliphatic rings. The van der Waals surface area contributed by atoms with E-state index < -0.39 is 0 Å². The number of nitrogens with two attached hydrogens (primary N) is 1. The molecule has 3 N–H and O–H groups in total. The summed E-state index contributed by atoms with van der Waals surface area (Å²) in [5, 5.41) is 0. The standard InChI is InChI=1S/C15H24BrFN4/c1-20-7-4-8-21(2)14(10-20)13(19-18)9-11-5-3-6-12(17)15(11)16/h3,5-6,13-14,19H,4,7-10,18H2,1-2H3. The third-order valence-corrected chi connectivity index (χ3v) is 5.15. The lowest BCUT2D eigenvalue weighted by atomic mass is 9.98. The van der Waals surface area contributed by atoms with Crippen LogP contribution in [0.2, 0.25) is 0 Å². The summed E-state index contributed by atoms with van der Waals surface area (Å²) < 4.78 is 14.2. The number of hydrogen-bond acceptors (Lipinski definition) is 4. The Balaban J connectivity index is 2.16. The van der Waals surface area contributed by atoms with E-state index in [4.69, 9.17) is 5.84 Å². The van der Waals surface area contributed by atoms with Gasteiger partial charge in [0, 0.05) is 18.6 Å². The maximum absolute atomic E-state index is 13.7. The summed E-state index contributed by atoms with van der Waals surface area (Å²) in [5.74, 6) is 5.57. The average molecular weight is 359 g/mol. The molecule has 1 aliphatic heterocycles. The average Bonchev–Trinajstić information content (AvgIpc) is 2.62. The van der Waals surface area contributed by atoms with Crippen molar-refractivity contribution in [1.29, 1.82) is 0 Å². The number of nitrogens with one attached hydrogen (secondary N) is 1. The summed E-state index contributed by atoms with van der Waals surface area (Å²) >= 11 is 3.34. The molecule has 21 heavy (non-hydrogen) atoms. The Morgan fingerprint density at radius 2 is 2.19 bits per heavy atom. The van der Waals surface area contributed by atoms with Crippen LogP contribution in [0, 0.1) is 5.82 Å². The van der Waals surface area contributed by atoms with Crippen molar-refractivity contribution in [3.05, 3.63) is 34.1 Å².